The summed E-state index contributed by atoms with van der Waals surface area (Å²) < 4.78 is 5.37. The van der Waals surface area contributed by atoms with Gasteiger partial charge >= 0.3 is 6.09 Å². The number of pyridine rings is 2. The summed E-state index contributed by atoms with van der Waals surface area (Å²) in [4.78, 5) is 22.9. The lowest BCUT2D eigenvalue weighted by molar-refractivity contribution is 0.0492. The van der Waals surface area contributed by atoms with Gasteiger partial charge in [-0.3, -0.25) is 4.98 Å². The van der Waals surface area contributed by atoms with Gasteiger partial charge in [0.15, 0.2) is 0 Å². The SMILES string of the molecule is CN(C)c1ccc(-c2cnc(Cl)cc2NC2CCC(NC(=O)OC(C)(C)C)CC2)nc1. The van der Waals surface area contributed by atoms with Gasteiger partial charge in [0.2, 0.25) is 0 Å². The minimum absolute atomic E-state index is 0.133. The van der Waals surface area contributed by atoms with Crippen molar-refractivity contribution < 1.29 is 9.53 Å². The highest BCUT2D eigenvalue weighted by atomic mass is 35.5. The number of anilines is 2. The van der Waals surface area contributed by atoms with Crippen LogP contribution in [0.15, 0.2) is 30.6 Å². The monoisotopic (exact) mass is 445 g/mol. The Labute approximate surface area is 189 Å². The van der Waals surface area contributed by atoms with Crippen LogP contribution in [0.2, 0.25) is 5.15 Å². The van der Waals surface area contributed by atoms with Gasteiger partial charge in [-0.25, -0.2) is 9.78 Å². The number of hydrogen-bond donors (Lipinski definition) is 2. The predicted octanol–water partition coefficient (Wildman–Crippen LogP) is 5.11. The van der Waals surface area contributed by atoms with Crippen LogP contribution in [0.4, 0.5) is 16.2 Å². The number of hydrogen-bond acceptors (Lipinski definition) is 6. The normalized spacial score (nSPS) is 18.9. The van der Waals surface area contributed by atoms with Crippen molar-refractivity contribution in [2.45, 2.75) is 64.1 Å². The molecular formula is C23H32ClN5O2. The minimum Gasteiger partial charge on any atom is -0.444 e. The van der Waals surface area contributed by atoms with E-state index >= 15 is 0 Å². The number of alkyl carbamates (subject to hydrolysis) is 1. The van der Waals surface area contributed by atoms with Gasteiger partial charge in [-0.1, -0.05) is 11.6 Å². The molecule has 1 aliphatic carbocycles. The molecule has 3 rings (SSSR count). The lowest BCUT2D eigenvalue weighted by atomic mass is 9.91. The first-order valence-electron chi connectivity index (χ1n) is 10.7. The van der Waals surface area contributed by atoms with E-state index in [4.69, 9.17) is 16.3 Å². The van der Waals surface area contributed by atoms with Crippen LogP contribution in [0, 0.1) is 0 Å². The van der Waals surface area contributed by atoms with Crippen molar-refractivity contribution in [2.75, 3.05) is 24.3 Å². The fourth-order valence-corrected chi connectivity index (χ4v) is 3.80. The molecule has 168 valence electrons. The van der Waals surface area contributed by atoms with Crippen molar-refractivity contribution in [3.8, 4) is 11.3 Å². The van der Waals surface area contributed by atoms with Crippen LogP contribution >= 0.6 is 11.6 Å². The van der Waals surface area contributed by atoms with Crippen LogP contribution in [0.5, 0.6) is 0 Å². The van der Waals surface area contributed by atoms with Gasteiger partial charge in [0.1, 0.15) is 10.8 Å². The van der Waals surface area contributed by atoms with Gasteiger partial charge in [0, 0.05) is 43.6 Å². The van der Waals surface area contributed by atoms with Crippen molar-refractivity contribution >= 4 is 29.1 Å². The maximum absolute atomic E-state index is 12.0. The Morgan fingerprint density at radius 1 is 1.10 bits per heavy atom. The Kier molecular flexibility index (Phi) is 7.26. The van der Waals surface area contributed by atoms with Gasteiger partial charge in [0.25, 0.3) is 0 Å². The number of rotatable bonds is 5. The molecule has 2 N–H and O–H groups in total. The lowest BCUT2D eigenvalue weighted by Crippen LogP contribution is -2.42. The van der Waals surface area contributed by atoms with Gasteiger partial charge < -0.3 is 20.3 Å². The van der Waals surface area contributed by atoms with Crippen LogP contribution in [-0.2, 0) is 4.74 Å². The van der Waals surface area contributed by atoms with E-state index in [2.05, 4.69) is 20.6 Å². The molecule has 1 aliphatic rings. The topological polar surface area (TPSA) is 79.4 Å². The zero-order valence-electron chi connectivity index (χ0n) is 18.9. The van der Waals surface area contributed by atoms with Crippen LogP contribution in [-0.4, -0.2) is 47.8 Å². The highest BCUT2D eigenvalue weighted by Gasteiger charge is 2.25. The molecule has 7 nitrogen and oxygen atoms in total. The fraction of sp³-hybridized carbons (Fsp3) is 0.522. The van der Waals surface area contributed by atoms with Crippen molar-refractivity contribution in [2.24, 2.45) is 0 Å². The number of nitrogens with zero attached hydrogens (tertiary/aromatic N) is 3. The third kappa shape index (κ3) is 6.72. The number of amides is 1. The smallest absolute Gasteiger partial charge is 0.407 e. The molecule has 0 bridgehead atoms. The van der Waals surface area contributed by atoms with Crippen molar-refractivity contribution in [3.63, 3.8) is 0 Å². The van der Waals surface area contributed by atoms with Gasteiger partial charge in [-0.15, -0.1) is 0 Å². The summed E-state index contributed by atoms with van der Waals surface area (Å²) in [5.41, 5.74) is 3.24. The molecule has 31 heavy (non-hydrogen) atoms. The number of aromatic nitrogens is 2. The van der Waals surface area contributed by atoms with E-state index in [-0.39, 0.29) is 18.2 Å². The first kappa shape index (κ1) is 23.1. The lowest BCUT2D eigenvalue weighted by Gasteiger charge is -2.31. The maximum atomic E-state index is 12.0. The summed E-state index contributed by atoms with van der Waals surface area (Å²) in [7, 11) is 3.98. The summed E-state index contributed by atoms with van der Waals surface area (Å²) in [6.45, 7) is 5.61. The molecule has 8 heteroatoms. The Morgan fingerprint density at radius 3 is 2.35 bits per heavy atom. The second-order valence-electron chi connectivity index (χ2n) is 9.19. The third-order valence-electron chi connectivity index (χ3n) is 5.22. The van der Waals surface area contributed by atoms with Crippen molar-refractivity contribution in [1.82, 2.24) is 15.3 Å². The molecule has 0 aromatic carbocycles. The summed E-state index contributed by atoms with van der Waals surface area (Å²) >= 11 is 6.18. The molecule has 0 unspecified atom stereocenters. The summed E-state index contributed by atoms with van der Waals surface area (Å²) in [6.07, 6.45) is 6.92. The number of ether oxygens (including phenoxy) is 1. The molecule has 0 atom stereocenters. The number of carbonyl (C=O) groups excluding carboxylic acids is 1. The zero-order chi connectivity index (χ0) is 22.6. The molecule has 1 fully saturated rings. The molecule has 2 aromatic rings. The van der Waals surface area contributed by atoms with E-state index in [1.54, 1.807) is 6.20 Å². The minimum atomic E-state index is -0.487. The number of halogens is 1. The second-order valence-corrected chi connectivity index (χ2v) is 9.58. The largest absolute Gasteiger partial charge is 0.444 e. The van der Waals surface area contributed by atoms with E-state index in [1.807, 2.05) is 64.2 Å². The van der Waals surface area contributed by atoms with Gasteiger partial charge in [0.05, 0.1) is 17.6 Å². The number of nitrogens with one attached hydrogen (secondary N) is 2. The summed E-state index contributed by atoms with van der Waals surface area (Å²) in [5.74, 6) is 0. The Morgan fingerprint density at radius 2 is 1.77 bits per heavy atom. The molecular weight excluding hydrogens is 414 g/mol. The van der Waals surface area contributed by atoms with Gasteiger partial charge in [-0.2, -0.15) is 0 Å². The van der Waals surface area contributed by atoms with E-state index < -0.39 is 5.60 Å². The Hall–Kier alpha value is -2.54. The van der Waals surface area contributed by atoms with Crippen LogP contribution in [0.25, 0.3) is 11.3 Å². The summed E-state index contributed by atoms with van der Waals surface area (Å²) in [6, 6.07) is 6.30. The Bertz CT molecular complexity index is 888. The Balaban J connectivity index is 1.63. The average molecular weight is 446 g/mol. The molecule has 1 saturated carbocycles. The first-order valence-corrected chi connectivity index (χ1v) is 11.0. The molecule has 0 saturated heterocycles. The maximum Gasteiger partial charge on any atom is 0.407 e. The third-order valence-corrected chi connectivity index (χ3v) is 5.43. The van der Waals surface area contributed by atoms with E-state index in [9.17, 15) is 4.79 Å². The van der Waals surface area contributed by atoms with E-state index in [0.29, 0.717) is 5.15 Å². The molecule has 2 heterocycles. The quantitative estimate of drug-likeness (QED) is 0.622. The van der Waals surface area contributed by atoms with Crippen molar-refractivity contribution in [3.05, 3.63) is 35.7 Å². The highest BCUT2D eigenvalue weighted by Crippen LogP contribution is 2.31. The second kappa shape index (κ2) is 9.73. The van der Waals surface area contributed by atoms with Crippen molar-refractivity contribution in [1.29, 1.82) is 0 Å². The van der Waals surface area contributed by atoms with Crippen LogP contribution in [0.1, 0.15) is 46.5 Å². The van der Waals surface area contributed by atoms with Crippen LogP contribution < -0.4 is 15.5 Å². The first-order chi connectivity index (χ1) is 14.6. The molecule has 1 amide bonds. The average Bonchev–Trinajstić information content (AvgIpc) is 2.68. The fourth-order valence-electron chi connectivity index (χ4n) is 3.64. The predicted molar refractivity (Wildman–Crippen MR) is 126 cm³/mol. The standard InChI is InChI=1S/C23H32ClN5O2/c1-23(2,3)31-22(30)28-16-8-6-15(7-9-16)27-20-12-21(24)26-14-18(20)19-11-10-17(13-25-19)29(4)5/h10-16H,6-9H2,1-5H3,(H,26,27)(H,28,30). The van der Waals surface area contributed by atoms with Crippen LogP contribution in [0.3, 0.4) is 0 Å². The molecule has 0 radical (unpaired) electrons. The number of carbonyl (C=O) groups is 1. The molecule has 0 aliphatic heterocycles. The zero-order valence-corrected chi connectivity index (χ0v) is 19.7. The molecule has 0 spiro atoms. The summed E-state index contributed by atoms with van der Waals surface area (Å²) in [5, 5.41) is 7.05. The highest BCUT2D eigenvalue weighted by molar-refractivity contribution is 6.29. The van der Waals surface area contributed by atoms with E-state index in [1.165, 1.54) is 0 Å². The van der Waals surface area contributed by atoms with E-state index in [0.717, 1.165) is 48.3 Å². The molecule has 2 aromatic heterocycles. The van der Waals surface area contributed by atoms with Gasteiger partial charge in [-0.05, 0) is 64.7 Å².